The van der Waals surface area contributed by atoms with E-state index in [-0.39, 0.29) is 5.96 Å². The topological polar surface area (TPSA) is 114 Å². The minimum Gasteiger partial charge on any atom is -0.475 e. The smallest absolute Gasteiger partial charge is 0.475 e. The maximum Gasteiger partial charge on any atom is 0.490 e. The van der Waals surface area contributed by atoms with Crippen LogP contribution in [0.1, 0.15) is 5.56 Å². The van der Waals surface area contributed by atoms with E-state index >= 15 is 0 Å². The largest absolute Gasteiger partial charge is 0.490 e. The van der Waals surface area contributed by atoms with Crippen LogP contribution in [0.2, 0.25) is 10.0 Å². The summed E-state index contributed by atoms with van der Waals surface area (Å²) in [5.74, 6) is -2.88. The molecule has 0 spiro atoms. The lowest BCUT2D eigenvalue weighted by Crippen LogP contribution is -2.21. The lowest BCUT2D eigenvalue weighted by atomic mass is 10.2. The molecule has 0 amide bonds. The van der Waals surface area contributed by atoms with Gasteiger partial charge in [0.25, 0.3) is 0 Å². The molecule has 0 aromatic heterocycles. The zero-order chi connectivity index (χ0) is 16.6. The van der Waals surface area contributed by atoms with Crippen LogP contribution in [0.4, 0.5) is 13.2 Å². The van der Waals surface area contributed by atoms with Crippen molar-refractivity contribution >= 4 is 41.3 Å². The van der Waals surface area contributed by atoms with Gasteiger partial charge in [-0.3, -0.25) is 0 Å². The van der Waals surface area contributed by atoms with Crippen molar-refractivity contribution in [1.29, 1.82) is 0 Å². The number of rotatable bonds is 2. The third-order valence-electron chi connectivity index (χ3n) is 1.60. The van der Waals surface area contributed by atoms with Crippen molar-refractivity contribution in [3.05, 3.63) is 33.8 Å². The molecular formula is C10H9Cl2F3N4O2. The summed E-state index contributed by atoms with van der Waals surface area (Å²) >= 11 is 11.7. The van der Waals surface area contributed by atoms with E-state index in [1.54, 1.807) is 18.2 Å². The zero-order valence-electron chi connectivity index (χ0n) is 10.1. The van der Waals surface area contributed by atoms with Crippen molar-refractivity contribution in [3.8, 4) is 0 Å². The molecule has 21 heavy (non-hydrogen) atoms. The van der Waals surface area contributed by atoms with Gasteiger partial charge in [-0.15, -0.1) is 5.10 Å². The number of nitrogens with zero attached hydrogens (tertiary/aromatic N) is 2. The van der Waals surface area contributed by atoms with Gasteiger partial charge in [0, 0.05) is 5.56 Å². The van der Waals surface area contributed by atoms with Crippen LogP contribution in [-0.4, -0.2) is 29.4 Å². The van der Waals surface area contributed by atoms with E-state index in [0.29, 0.717) is 15.6 Å². The average molecular weight is 345 g/mol. The van der Waals surface area contributed by atoms with Crippen LogP contribution < -0.4 is 11.5 Å². The fraction of sp³-hybridized carbons (Fsp3) is 0.100. The Morgan fingerprint density at radius 1 is 1.24 bits per heavy atom. The van der Waals surface area contributed by atoms with E-state index < -0.39 is 12.1 Å². The standard InChI is InChI=1S/C8H8Cl2N4.C2HF3O2/c9-6-2-1-3-7(10)5(6)4-13-14-8(11)12;3-2(4,5)1(6)7/h1-4H,(H4,11,12,14);(H,6,7). The van der Waals surface area contributed by atoms with Gasteiger partial charge in [0.15, 0.2) is 0 Å². The highest BCUT2D eigenvalue weighted by Gasteiger charge is 2.38. The zero-order valence-corrected chi connectivity index (χ0v) is 11.6. The molecule has 116 valence electrons. The molecule has 0 aliphatic rings. The number of carboxylic acid groups (broad SMARTS) is 1. The number of hydrogen-bond acceptors (Lipinski definition) is 3. The number of alkyl halides is 3. The van der Waals surface area contributed by atoms with Gasteiger partial charge in [0.05, 0.1) is 16.3 Å². The predicted octanol–water partition coefficient (Wildman–Crippen LogP) is 2.23. The second-order valence-electron chi connectivity index (χ2n) is 3.21. The van der Waals surface area contributed by atoms with Crippen LogP contribution in [0, 0.1) is 0 Å². The van der Waals surface area contributed by atoms with Gasteiger partial charge in [0.2, 0.25) is 5.96 Å². The summed E-state index contributed by atoms with van der Waals surface area (Å²) in [6.07, 6.45) is -3.69. The summed E-state index contributed by atoms with van der Waals surface area (Å²) in [5, 5.41) is 15.1. The normalized spacial score (nSPS) is 10.7. The van der Waals surface area contributed by atoms with E-state index in [4.69, 9.17) is 44.6 Å². The molecule has 1 aromatic rings. The molecule has 0 radical (unpaired) electrons. The second-order valence-corrected chi connectivity index (χ2v) is 4.02. The maximum absolute atomic E-state index is 10.6. The third-order valence-corrected chi connectivity index (χ3v) is 2.26. The van der Waals surface area contributed by atoms with Gasteiger partial charge in [-0.2, -0.15) is 18.3 Å². The first-order valence-electron chi connectivity index (χ1n) is 4.91. The van der Waals surface area contributed by atoms with Crippen LogP contribution >= 0.6 is 23.2 Å². The van der Waals surface area contributed by atoms with Crippen molar-refractivity contribution < 1.29 is 23.1 Å². The van der Waals surface area contributed by atoms with Crippen molar-refractivity contribution in [2.45, 2.75) is 6.18 Å². The van der Waals surface area contributed by atoms with Gasteiger partial charge in [0.1, 0.15) is 0 Å². The summed E-state index contributed by atoms with van der Waals surface area (Å²) < 4.78 is 31.7. The Labute approximate surface area is 126 Å². The number of aliphatic carboxylic acids is 1. The highest BCUT2D eigenvalue weighted by atomic mass is 35.5. The van der Waals surface area contributed by atoms with Crippen LogP contribution in [0.3, 0.4) is 0 Å². The molecule has 1 rings (SSSR count). The van der Waals surface area contributed by atoms with E-state index in [0.717, 1.165) is 0 Å². The molecular weight excluding hydrogens is 336 g/mol. The first-order valence-corrected chi connectivity index (χ1v) is 5.67. The van der Waals surface area contributed by atoms with Gasteiger partial charge >= 0.3 is 12.1 Å². The van der Waals surface area contributed by atoms with Crippen LogP contribution in [0.5, 0.6) is 0 Å². The number of carboxylic acids is 1. The molecule has 5 N–H and O–H groups in total. The van der Waals surface area contributed by atoms with Gasteiger partial charge in [-0.1, -0.05) is 29.3 Å². The Kier molecular flexibility index (Phi) is 7.53. The van der Waals surface area contributed by atoms with Crippen LogP contribution in [0.25, 0.3) is 0 Å². The van der Waals surface area contributed by atoms with Gasteiger partial charge < -0.3 is 16.6 Å². The Morgan fingerprint density at radius 2 is 1.67 bits per heavy atom. The molecule has 0 saturated heterocycles. The molecule has 0 saturated carbocycles. The molecule has 0 fully saturated rings. The lowest BCUT2D eigenvalue weighted by Gasteiger charge is -1.98. The first-order chi connectivity index (χ1) is 9.55. The number of nitrogens with two attached hydrogens (primary N) is 2. The summed E-state index contributed by atoms with van der Waals surface area (Å²) in [6, 6.07) is 5.14. The molecule has 0 aliphatic carbocycles. The first kappa shape index (κ1) is 19.0. The Balaban J connectivity index is 0.000000486. The Bertz CT molecular complexity index is 537. The molecule has 0 atom stereocenters. The van der Waals surface area contributed by atoms with E-state index in [1.165, 1.54) is 6.21 Å². The minimum atomic E-state index is -5.08. The number of guanidine groups is 1. The molecule has 0 aliphatic heterocycles. The number of benzene rings is 1. The summed E-state index contributed by atoms with van der Waals surface area (Å²) in [7, 11) is 0. The maximum atomic E-state index is 10.6. The van der Waals surface area contributed by atoms with Crippen molar-refractivity contribution in [2.24, 2.45) is 21.7 Å². The number of carbonyl (C=O) groups is 1. The quantitative estimate of drug-likeness (QED) is 0.433. The van der Waals surface area contributed by atoms with E-state index in [1.807, 2.05) is 0 Å². The third kappa shape index (κ3) is 8.00. The lowest BCUT2D eigenvalue weighted by molar-refractivity contribution is -0.192. The number of hydrogen-bond donors (Lipinski definition) is 3. The summed E-state index contributed by atoms with van der Waals surface area (Å²) in [6.45, 7) is 0. The van der Waals surface area contributed by atoms with Crippen LogP contribution in [0.15, 0.2) is 28.4 Å². The molecule has 1 aromatic carbocycles. The predicted molar refractivity (Wildman–Crippen MR) is 73.6 cm³/mol. The Morgan fingerprint density at radius 3 is 2.00 bits per heavy atom. The molecule has 6 nitrogen and oxygen atoms in total. The average Bonchev–Trinajstić information content (AvgIpc) is 2.32. The van der Waals surface area contributed by atoms with Gasteiger partial charge in [-0.05, 0) is 12.1 Å². The highest BCUT2D eigenvalue weighted by molar-refractivity contribution is 6.38. The van der Waals surface area contributed by atoms with E-state index in [2.05, 4.69) is 10.2 Å². The fourth-order valence-electron chi connectivity index (χ4n) is 0.787. The van der Waals surface area contributed by atoms with Crippen molar-refractivity contribution in [2.75, 3.05) is 0 Å². The van der Waals surface area contributed by atoms with Crippen molar-refractivity contribution in [3.63, 3.8) is 0 Å². The fourth-order valence-corrected chi connectivity index (χ4v) is 1.28. The van der Waals surface area contributed by atoms with Crippen LogP contribution in [-0.2, 0) is 4.79 Å². The molecule has 0 unspecified atom stereocenters. The summed E-state index contributed by atoms with van der Waals surface area (Å²) in [5.41, 5.74) is 10.7. The summed E-state index contributed by atoms with van der Waals surface area (Å²) in [4.78, 5) is 8.90. The highest BCUT2D eigenvalue weighted by Crippen LogP contribution is 2.22. The van der Waals surface area contributed by atoms with Crippen molar-refractivity contribution in [1.82, 2.24) is 0 Å². The molecule has 0 bridgehead atoms. The molecule has 11 heteroatoms. The van der Waals surface area contributed by atoms with Gasteiger partial charge in [-0.25, -0.2) is 4.79 Å². The monoisotopic (exact) mass is 344 g/mol. The number of halogens is 5. The Hall–Kier alpha value is -2.00. The second kappa shape index (κ2) is 8.32. The molecule has 0 heterocycles. The SMILES string of the molecule is NC(N)=NN=Cc1c(Cl)cccc1Cl.O=C(O)C(F)(F)F. The van der Waals surface area contributed by atoms with E-state index in [9.17, 15) is 13.2 Å². The minimum absolute atomic E-state index is 0.121.